The molecule has 94 valence electrons. The van der Waals surface area contributed by atoms with Gasteiger partial charge in [-0.1, -0.05) is 30.3 Å². The van der Waals surface area contributed by atoms with Crippen LogP contribution in [-0.4, -0.2) is 12.6 Å². The van der Waals surface area contributed by atoms with Crippen LogP contribution in [0.1, 0.15) is 12.5 Å². The predicted octanol–water partition coefficient (Wildman–Crippen LogP) is 3.87. The number of aryl methyl sites for hydroxylation is 1. The quantitative estimate of drug-likeness (QED) is 0.858. The van der Waals surface area contributed by atoms with Gasteiger partial charge in [0.2, 0.25) is 0 Å². The van der Waals surface area contributed by atoms with Gasteiger partial charge in [0.05, 0.1) is 6.54 Å². The molecule has 0 fully saturated rings. The average molecular weight is 241 g/mol. The topological polar surface area (TPSA) is 21.3 Å². The van der Waals surface area contributed by atoms with Crippen LogP contribution in [0.25, 0.3) is 0 Å². The van der Waals surface area contributed by atoms with Crippen LogP contribution in [-0.2, 0) is 0 Å². The second-order valence-corrected chi connectivity index (χ2v) is 4.49. The molecule has 0 aliphatic rings. The summed E-state index contributed by atoms with van der Waals surface area (Å²) >= 11 is 0. The molecule has 18 heavy (non-hydrogen) atoms. The maximum Gasteiger partial charge on any atom is 0.120 e. The highest BCUT2D eigenvalue weighted by atomic mass is 16.5. The van der Waals surface area contributed by atoms with Crippen molar-refractivity contribution in [1.82, 2.24) is 0 Å². The minimum absolute atomic E-state index is 0.131. The molecule has 0 aliphatic heterocycles. The highest BCUT2D eigenvalue weighted by Crippen LogP contribution is 2.14. The van der Waals surface area contributed by atoms with Crippen molar-refractivity contribution < 1.29 is 4.74 Å². The Balaban J connectivity index is 1.84. The predicted molar refractivity (Wildman–Crippen MR) is 76.2 cm³/mol. The van der Waals surface area contributed by atoms with Crippen molar-refractivity contribution in [2.75, 3.05) is 11.9 Å². The highest BCUT2D eigenvalue weighted by Gasteiger charge is 2.03. The molecule has 1 atom stereocenters. The Morgan fingerprint density at radius 1 is 1.06 bits per heavy atom. The Morgan fingerprint density at radius 2 is 1.83 bits per heavy atom. The van der Waals surface area contributed by atoms with Crippen molar-refractivity contribution >= 4 is 5.69 Å². The van der Waals surface area contributed by atoms with E-state index in [1.807, 2.05) is 30.3 Å². The molecule has 0 heterocycles. The summed E-state index contributed by atoms with van der Waals surface area (Å²) in [4.78, 5) is 0. The van der Waals surface area contributed by atoms with Crippen LogP contribution >= 0.6 is 0 Å². The SMILES string of the molecule is Cc1cccc(OC(C)CNc2ccccc2)c1. The van der Waals surface area contributed by atoms with E-state index in [4.69, 9.17) is 4.74 Å². The van der Waals surface area contributed by atoms with Crippen molar-refractivity contribution in [1.29, 1.82) is 0 Å². The lowest BCUT2D eigenvalue weighted by Gasteiger charge is -2.16. The fourth-order valence-corrected chi connectivity index (χ4v) is 1.78. The third kappa shape index (κ3) is 3.81. The first-order valence-electron chi connectivity index (χ1n) is 6.26. The van der Waals surface area contributed by atoms with E-state index >= 15 is 0 Å². The van der Waals surface area contributed by atoms with E-state index in [1.54, 1.807) is 0 Å². The minimum atomic E-state index is 0.131. The largest absolute Gasteiger partial charge is 0.489 e. The first-order chi connectivity index (χ1) is 8.74. The first kappa shape index (κ1) is 12.5. The molecule has 0 aromatic heterocycles. The van der Waals surface area contributed by atoms with Gasteiger partial charge in [0.15, 0.2) is 0 Å². The van der Waals surface area contributed by atoms with Gasteiger partial charge in [0.1, 0.15) is 11.9 Å². The van der Waals surface area contributed by atoms with Gasteiger partial charge >= 0.3 is 0 Å². The minimum Gasteiger partial charge on any atom is -0.489 e. The molecule has 2 nitrogen and oxygen atoms in total. The molecule has 0 saturated carbocycles. The zero-order chi connectivity index (χ0) is 12.8. The van der Waals surface area contributed by atoms with Crippen LogP contribution in [0.5, 0.6) is 5.75 Å². The molecule has 0 radical (unpaired) electrons. The molecule has 1 unspecified atom stereocenters. The van der Waals surface area contributed by atoms with Crippen molar-refractivity contribution in [2.45, 2.75) is 20.0 Å². The zero-order valence-corrected chi connectivity index (χ0v) is 10.9. The summed E-state index contributed by atoms with van der Waals surface area (Å²) in [6, 6.07) is 18.3. The fourth-order valence-electron chi connectivity index (χ4n) is 1.78. The second kappa shape index (κ2) is 6.10. The molecule has 0 spiro atoms. The molecule has 1 N–H and O–H groups in total. The van der Waals surface area contributed by atoms with Gasteiger partial charge in [-0.3, -0.25) is 0 Å². The summed E-state index contributed by atoms with van der Waals surface area (Å²) in [5, 5.41) is 3.35. The Labute approximate surface area is 109 Å². The van der Waals surface area contributed by atoms with Crippen molar-refractivity contribution in [3.63, 3.8) is 0 Å². The molecule has 2 heteroatoms. The summed E-state index contributed by atoms with van der Waals surface area (Å²) < 4.78 is 5.85. The van der Waals surface area contributed by atoms with E-state index in [1.165, 1.54) is 5.56 Å². The summed E-state index contributed by atoms with van der Waals surface area (Å²) in [7, 11) is 0. The number of nitrogens with one attached hydrogen (secondary N) is 1. The number of hydrogen-bond donors (Lipinski definition) is 1. The first-order valence-corrected chi connectivity index (χ1v) is 6.26. The Kier molecular flexibility index (Phi) is 4.24. The Bertz CT molecular complexity index is 481. The van der Waals surface area contributed by atoms with Gasteiger partial charge in [0, 0.05) is 5.69 Å². The third-order valence-corrected chi connectivity index (χ3v) is 2.69. The van der Waals surface area contributed by atoms with Crippen molar-refractivity contribution in [3.05, 3.63) is 60.2 Å². The van der Waals surface area contributed by atoms with Crippen LogP contribution in [0.15, 0.2) is 54.6 Å². The van der Waals surface area contributed by atoms with Gasteiger partial charge in [-0.05, 0) is 43.7 Å². The summed E-state index contributed by atoms with van der Waals surface area (Å²) in [6.45, 7) is 4.93. The lowest BCUT2D eigenvalue weighted by atomic mass is 10.2. The highest BCUT2D eigenvalue weighted by molar-refractivity contribution is 5.42. The third-order valence-electron chi connectivity index (χ3n) is 2.69. The number of rotatable bonds is 5. The fraction of sp³-hybridized carbons (Fsp3) is 0.250. The van der Waals surface area contributed by atoms with Gasteiger partial charge in [-0.2, -0.15) is 0 Å². The summed E-state index contributed by atoms with van der Waals surface area (Å²) in [5.41, 5.74) is 2.34. The molecule has 2 aromatic carbocycles. The van der Waals surface area contributed by atoms with Gasteiger partial charge < -0.3 is 10.1 Å². The maximum atomic E-state index is 5.85. The monoisotopic (exact) mass is 241 g/mol. The second-order valence-electron chi connectivity index (χ2n) is 4.49. The van der Waals surface area contributed by atoms with E-state index in [2.05, 4.69) is 43.4 Å². The molecule has 0 aliphatic carbocycles. The number of hydrogen-bond acceptors (Lipinski definition) is 2. The van der Waals surface area contributed by atoms with E-state index < -0.39 is 0 Å². The van der Waals surface area contributed by atoms with E-state index in [0.29, 0.717) is 0 Å². The van der Waals surface area contributed by atoms with Gasteiger partial charge in [-0.15, -0.1) is 0 Å². The van der Waals surface area contributed by atoms with Crippen LogP contribution in [0.3, 0.4) is 0 Å². The molecule has 0 bridgehead atoms. The van der Waals surface area contributed by atoms with E-state index in [9.17, 15) is 0 Å². The molecule has 0 saturated heterocycles. The normalized spacial score (nSPS) is 11.9. The Hall–Kier alpha value is -1.96. The lowest BCUT2D eigenvalue weighted by Crippen LogP contribution is -2.22. The van der Waals surface area contributed by atoms with Crippen LogP contribution < -0.4 is 10.1 Å². The number of benzene rings is 2. The van der Waals surface area contributed by atoms with Crippen LogP contribution in [0.2, 0.25) is 0 Å². The number of ether oxygens (including phenoxy) is 1. The van der Waals surface area contributed by atoms with Gasteiger partial charge in [-0.25, -0.2) is 0 Å². The smallest absolute Gasteiger partial charge is 0.120 e. The van der Waals surface area contributed by atoms with E-state index in [-0.39, 0.29) is 6.10 Å². The summed E-state index contributed by atoms with van der Waals surface area (Å²) in [5.74, 6) is 0.928. The lowest BCUT2D eigenvalue weighted by molar-refractivity contribution is 0.234. The molecule has 2 rings (SSSR count). The zero-order valence-electron chi connectivity index (χ0n) is 10.9. The average Bonchev–Trinajstić information content (AvgIpc) is 2.38. The molecule has 0 amide bonds. The summed E-state index contributed by atoms with van der Waals surface area (Å²) in [6.07, 6.45) is 0.131. The van der Waals surface area contributed by atoms with Gasteiger partial charge in [0.25, 0.3) is 0 Å². The number of anilines is 1. The molecular formula is C16H19NO. The van der Waals surface area contributed by atoms with Crippen LogP contribution in [0.4, 0.5) is 5.69 Å². The van der Waals surface area contributed by atoms with Crippen LogP contribution in [0, 0.1) is 6.92 Å². The Morgan fingerprint density at radius 3 is 2.56 bits per heavy atom. The standard InChI is InChI=1S/C16H19NO/c1-13-7-6-10-16(11-13)18-14(2)12-17-15-8-4-3-5-9-15/h3-11,14,17H,12H2,1-2H3. The van der Waals surface area contributed by atoms with Crippen molar-refractivity contribution in [2.24, 2.45) is 0 Å². The molecular weight excluding hydrogens is 222 g/mol. The number of para-hydroxylation sites is 1. The molecule has 2 aromatic rings. The van der Waals surface area contributed by atoms with E-state index in [0.717, 1.165) is 18.0 Å². The maximum absolute atomic E-state index is 5.85. The van der Waals surface area contributed by atoms with Crippen molar-refractivity contribution in [3.8, 4) is 5.75 Å².